The van der Waals surface area contributed by atoms with E-state index in [0.29, 0.717) is 35.6 Å². The van der Waals surface area contributed by atoms with E-state index >= 15 is 0 Å². The van der Waals surface area contributed by atoms with Crippen LogP contribution in [-0.2, 0) is 4.74 Å². The fraction of sp³-hybridized carbons (Fsp3) is 0.643. The third-order valence-electron chi connectivity index (χ3n) is 4.07. The number of piperidine rings is 1. The molecule has 1 amide bonds. The van der Waals surface area contributed by atoms with E-state index in [1.54, 1.807) is 6.20 Å². The van der Waals surface area contributed by atoms with Crippen molar-refractivity contribution < 1.29 is 9.53 Å². The first kappa shape index (κ1) is 16.8. The van der Waals surface area contributed by atoms with Crippen molar-refractivity contribution in [3.63, 3.8) is 0 Å². The van der Waals surface area contributed by atoms with E-state index in [1.807, 2.05) is 0 Å². The van der Waals surface area contributed by atoms with Gasteiger partial charge < -0.3 is 21.1 Å². The van der Waals surface area contributed by atoms with Crippen molar-refractivity contribution in [2.45, 2.75) is 51.2 Å². The molecule has 122 valence electrons. The first-order valence-electron chi connectivity index (χ1n) is 7.37. The van der Waals surface area contributed by atoms with Gasteiger partial charge in [-0.25, -0.2) is 14.8 Å². The van der Waals surface area contributed by atoms with E-state index in [2.05, 4.69) is 44.6 Å². The summed E-state index contributed by atoms with van der Waals surface area (Å²) in [6.07, 6.45) is 3.99. The van der Waals surface area contributed by atoms with Crippen molar-refractivity contribution in [3.8, 4) is 0 Å². The lowest BCUT2D eigenvalue weighted by atomic mass is 9.83. The summed E-state index contributed by atoms with van der Waals surface area (Å²) >= 11 is 3.34. The minimum atomic E-state index is -0.723. The minimum Gasteiger partial charge on any atom is -0.446 e. The van der Waals surface area contributed by atoms with Gasteiger partial charge in [0.15, 0.2) is 11.6 Å². The van der Waals surface area contributed by atoms with Crippen LogP contribution in [0.5, 0.6) is 0 Å². The van der Waals surface area contributed by atoms with Gasteiger partial charge in [-0.2, -0.15) is 0 Å². The maximum absolute atomic E-state index is 11.0. The number of anilines is 2. The fourth-order valence-corrected chi connectivity index (χ4v) is 3.48. The number of hydrogen-bond acceptors (Lipinski definition) is 6. The van der Waals surface area contributed by atoms with Crippen molar-refractivity contribution >= 4 is 33.7 Å². The predicted molar refractivity (Wildman–Crippen MR) is 88.5 cm³/mol. The number of hydrogen-bond donors (Lipinski definition) is 2. The molecule has 2 rings (SSSR count). The molecule has 1 saturated heterocycles. The van der Waals surface area contributed by atoms with Crippen LogP contribution in [0.4, 0.5) is 16.4 Å². The summed E-state index contributed by atoms with van der Waals surface area (Å²) in [5, 5.41) is 0. The molecule has 1 aromatic rings. The van der Waals surface area contributed by atoms with E-state index < -0.39 is 6.09 Å². The van der Waals surface area contributed by atoms with Crippen LogP contribution < -0.4 is 16.4 Å². The zero-order chi connectivity index (χ0) is 16.3. The Labute approximate surface area is 138 Å². The van der Waals surface area contributed by atoms with Crippen LogP contribution in [0.1, 0.15) is 39.5 Å². The topological polar surface area (TPSA) is 107 Å². The smallest absolute Gasteiger partial charge is 0.404 e. The Morgan fingerprint density at radius 3 is 3.00 bits per heavy atom. The van der Waals surface area contributed by atoms with Gasteiger partial charge in [0, 0.05) is 24.9 Å². The number of amides is 1. The largest absolute Gasteiger partial charge is 0.446 e. The molecule has 0 aromatic carbocycles. The van der Waals surface area contributed by atoms with Crippen LogP contribution in [0.15, 0.2) is 10.8 Å². The van der Waals surface area contributed by atoms with Gasteiger partial charge >= 0.3 is 6.09 Å². The van der Waals surface area contributed by atoms with Crippen LogP contribution >= 0.6 is 15.9 Å². The van der Waals surface area contributed by atoms with Gasteiger partial charge in [0.25, 0.3) is 0 Å². The Bertz CT molecular complexity index is 556. The van der Waals surface area contributed by atoms with E-state index in [4.69, 9.17) is 16.2 Å². The van der Waals surface area contributed by atoms with Crippen LogP contribution in [-0.4, -0.2) is 34.2 Å². The number of carbonyl (C=O) groups is 1. The summed E-state index contributed by atoms with van der Waals surface area (Å²) in [5.41, 5.74) is 11.0. The molecule has 1 aliphatic heterocycles. The van der Waals surface area contributed by atoms with Gasteiger partial charge in [0.2, 0.25) is 0 Å². The Balaban J connectivity index is 2.30. The summed E-state index contributed by atoms with van der Waals surface area (Å²) in [6, 6.07) is 0. The number of nitrogen functional groups attached to an aromatic ring is 1. The second-order valence-electron chi connectivity index (χ2n) is 5.85. The van der Waals surface area contributed by atoms with Crippen LogP contribution in [0, 0.1) is 0 Å². The first-order chi connectivity index (χ1) is 10.4. The molecule has 2 atom stereocenters. The lowest BCUT2D eigenvalue weighted by Gasteiger charge is -2.48. The predicted octanol–water partition coefficient (Wildman–Crippen LogP) is 2.44. The van der Waals surface area contributed by atoms with Crippen LogP contribution in [0.2, 0.25) is 0 Å². The monoisotopic (exact) mass is 371 g/mol. The molecule has 1 fully saturated rings. The number of primary amides is 1. The molecule has 2 unspecified atom stereocenters. The zero-order valence-electron chi connectivity index (χ0n) is 12.9. The third-order valence-corrected chi connectivity index (χ3v) is 4.45. The quantitative estimate of drug-likeness (QED) is 0.841. The second-order valence-corrected chi connectivity index (χ2v) is 6.66. The molecular weight excluding hydrogens is 350 g/mol. The van der Waals surface area contributed by atoms with Crippen molar-refractivity contribution in [2.75, 3.05) is 17.2 Å². The normalized spacial score (nSPS) is 25.0. The first-order valence-corrected chi connectivity index (χ1v) is 8.17. The van der Waals surface area contributed by atoms with Crippen LogP contribution in [0.25, 0.3) is 0 Å². The van der Waals surface area contributed by atoms with Gasteiger partial charge in [-0.3, -0.25) is 0 Å². The summed E-state index contributed by atoms with van der Waals surface area (Å²) in [6.45, 7) is 4.94. The average molecular weight is 372 g/mol. The SMILES string of the molecule is CCCC1(C)CC(OC(N)=O)CCN1c1nc(Br)cnc1N. The number of rotatable bonds is 4. The Hall–Kier alpha value is -1.57. The second kappa shape index (κ2) is 6.68. The van der Waals surface area contributed by atoms with Gasteiger partial charge in [-0.15, -0.1) is 0 Å². The number of ether oxygens (including phenoxy) is 1. The lowest BCUT2D eigenvalue weighted by Crippen LogP contribution is -2.55. The fourth-order valence-electron chi connectivity index (χ4n) is 3.21. The van der Waals surface area contributed by atoms with Gasteiger partial charge in [0.1, 0.15) is 10.7 Å². The standard InChI is InChI=1S/C14H22BrN5O2/c1-3-5-14(2)7-9(22-13(17)21)4-6-20(14)12-11(16)18-8-10(15)19-12/h8-9H,3-7H2,1-2H3,(H2,16,18)(H2,17,21). The van der Waals surface area contributed by atoms with Crippen molar-refractivity contribution in [3.05, 3.63) is 10.8 Å². The average Bonchev–Trinajstić information content (AvgIpc) is 2.41. The Morgan fingerprint density at radius 1 is 1.64 bits per heavy atom. The molecule has 0 aliphatic carbocycles. The number of aromatic nitrogens is 2. The van der Waals surface area contributed by atoms with Crippen molar-refractivity contribution in [1.82, 2.24) is 9.97 Å². The van der Waals surface area contributed by atoms with Gasteiger partial charge in [-0.05, 0) is 29.3 Å². The van der Waals surface area contributed by atoms with E-state index in [1.165, 1.54) is 0 Å². The molecule has 8 heteroatoms. The molecular formula is C14H22BrN5O2. The van der Waals surface area contributed by atoms with E-state index in [9.17, 15) is 4.79 Å². The minimum absolute atomic E-state index is 0.174. The zero-order valence-corrected chi connectivity index (χ0v) is 14.5. The van der Waals surface area contributed by atoms with Crippen LogP contribution in [0.3, 0.4) is 0 Å². The van der Waals surface area contributed by atoms with Gasteiger partial charge in [-0.1, -0.05) is 13.3 Å². The number of nitrogens with zero attached hydrogens (tertiary/aromatic N) is 3. The Morgan fingerprint density at radius 2 is 2.36 bits per heavy atom. The maximum Gasteiger partial charge on any atom is 0.404 e. The maximum atomic E-state index is 11.0. The number of nitrogens with two attached hydrogens (primary N) is 2. The Kier molecular flexibility index (Phi) is 5.10. The highest BCUT2D eigenvalue weighted by Gasteiger charge is 2.40. The molecule has 2 heterocycles. The third kappa shape index (κ3) is 3.60. The molecule has 0 saturated carbocycles. The number of carbonyl (C=O) groups excluding carboxylic acids is 1. The van der Waals surface area contributed by atoms with E-state index in [-0.39, 0.29) is 11.6 Å². The molecule has 22 heavy (non-hydrogen) atoms. The molecule has 4 N–H and O–H groups in total. The summed E-state index contributed by atoms with van der Waals surface area (Å²) in [5.74, 6) is 1.07. The lowest BCUT2D eigenvalue weighted by molar-refractivity contribution is 0.0647. The highest BCUT2D eigenvalue weighted by molar-refractivity contribution is 9.10. The summed E-state index contributed by atoms with van der Waals surface area (Å²) in [7, 11) is 0. The highest BCUT2D eigenvalue weighted by atomic mass is 79.9. The van der Waals surface area contributed by atoms with E-state index in [0.717, 1.165) is 12.8 Å². The summed E-state index contributed by atoms with van der Waals surface area (Å²) in [4.78, 5) is 21.8. The molecule has 1 aliphatic rings. The molecule has 7 nitrogen and oxygen atoms in total. The molecule has 0 spiro atoms. The highest BCUT2D eigenvalue weighted by Crippen LogP contribution is 2.38. The molecule has 0 radical (unpaired) electrons. The van der Waals surface area contributed by atoms with Crippen molar-refractivity contribution in [2.24, 2.45) is 5.73 Å². The molecule has 1 aromatic heterocycles. The summed E-state index contributed by atoms with van der Waals surface area (Å²) < 4.78 is 5.85. The van der Waals surface area contributed by atoms with Gasteiger partial charge in [0.05, 0.1) is 6.20 Å². The number of halogens is 1. The molecule has 0 bridgehead atoms. The van der Waals surface area contributed by atoms with Crippen molar-refractivity contribution in [1.29, 1.82) is 0 Å².